The van der Waals surface area contributed by atoms with Crippen molar-refractivity contribution in [3.63, 3.8) is 0 Å². The maximum absolute atomic E-state index is 13.0. The molecule has 0 radical (unpaired) electrons. The number of hydrogen-bond acceptors (Lipinski definition) is 6. The van der Waals surface area contributed by atoms with Crippen molar-refractivity contribution >= 4 is 28.3 Å². The van der Waals surface area contributed by atoms with E-state index in [9.17, 15) is 4.79 Å². The quantitative estimate of drug-likeness (QED) is 0.493. The Balaban J connectivity index is 1.33. The van der Waals surface area contributed by atoms with E-state index in [0.29, 0.717) is 17.4 Å². The Hall–Kier alpha value is -3.78. The third kappa shape index (κ3) is 4.56. The minimum atomic E-state index is -0.195. The number of carbonyl (C=O) groups excluding carboxylic acids is 1. The lowest BCUT2D eigenvalue weighted by Crippen LogP contribution is -2.41. The first-order valence-corrected chi connectivity index (χ1v) is 11.2. The van der Waals surface area contributed by atoms with Gasteiger partial charge in [-0.2, -0.15) is 5.10 Å². The van der Waals surface area contributed by atoms with Crippen LogP contribution in [0.25, 0.3) is 21.9 Å². The summed E-state index contributed by atoms with van der Waals surface area (Å²) in [7, 11) is 3.90. The SMILES string of the molecule is CNC1CCN(c2cc(C(=O)Nc3cc4cc(-c5cnn(C)c5)ccc4cn3)ccn2)CC1. The van der Waals surface area contributed by atoms with Crippen LogP contribution in [0.15, 0.2) is 61.2 Å². The summed E-state index contributed by atoms with van der Waals surface area (Å²) < 4.78 is 1.78. The minimum absolute atomic E-state index is 0.195. The van der Waals surface area contributed by atoms with E-state index in [-0.39, 0.29) is 5.91 Å². The van der Waals surface area contributed by atoms with E-state index in [1.54, 1.807) is 23.1 Å². The number of fused-ring (bicyclic) bond motifs is 1. The summed E-state index contributed by atoms with van der Waals surface area (Å²) in [5.41, 5.74) is 2.69. The number of aryl methyl sites for hydroxylation is 1. The highest BCUT2D eigenvalue weighted by atomic mass is 16.1. The van der Waals surface area contributed by atoms with Crippen LogP contribution in [0.2, 0.25) is 0 Å². The molecule has 0 spiro atoms. The number of pyridine rings is 2. The molecule has 0 bridgehead atoms. The fraction of sp³-hybridized carbons (Fsp3) is 0.280. The normalized spacial score (nSPS) is 14.5. The minimum Gasteiger partial charge on any atom is -0.356 e. The van der Waals surface area contributed by atoms with Gasteiger partial charge in [0.1, 0.15) is 11.6 Å². The van der Waals surface area contributed by atoms with Crippen LogP contribution in [-0.4, -0.2) is 51.8 Å². The standard InChI is InChI=1S/C25H27N7O/c1-26-22-6-9-32(10-7-22)24-13-18(5-8-27-24)25(33)30-23-12-20-11-17(3-4-19(20)14-28-23)21-15-29-31(2)16-21/h3-5,8,11-16,22,26H,6-7,9-10H2,1-2H3,(H,28,30,33). The van der Waals surface area contributed by atoms with Gasteiger partial charge in [0, 0.05) is 61.3 Å². The Morgan fingerprint density at radius 1 is 1.00 bits per heavy atom. The second kappa shape index (κ2) is 8.99. The molecule has 0 aliphatic carbocycles. The molecule has 4 aromatic rings. The van der Waals surface area contributed by atoms with E-state index in [0.717, 1.165) is 53.6 Å². The number of benzene rings is 1. The molecule has 1 aliphatic heterocycles. The smallest absolute Gasteiger partial charge is 0.257 e. The summed E-state index contributed by atoms with van der Waals surface area (Å²) >= 11 is 0. The van der Waals surface area contributed by atoms with Gasteiger partial charge in [0.25, 0.3) is 5.91 Å². The number of nitrogens with one attached hydrogen (secondary N) is 2. The zero-order chi connectivity index (χ0) is 22.8. The highest BCUT2D eigenvalue weighted by Crippen LogP contribution is 2.25. The lowest BCUT2D eigenvalue weighted by Gasteiger charge is -2.32. The first kappa shape index (κ1) is 21.1. The van der Waals surface area contributed by atoms with Gasteiger partial charge >= 0.3 is 0 Å². The van der Waals surface area contributed by atoms with E-state index in [2.05, 4.69) is 42.7 Å². The number of carbonyl (C=O) groups is 1. The van der Waals surface area contributed by atoms with Crippen molar-refractivity contribution in [1.29, 1.82) is 0 Å². The molecule has 0 unspecified atom stereocenters. The predicted molar refractivity (Wildman–Crippen MR) is 130 cm³/mol. The molecule has 8 heteroatoms. The third-order valence-electron chi connectivity index (χ3n) is 6.24. The van der Waals surface area contributed by atoms with Crippen molar-refractivity contribution in [1.82, 2.24) is 25.1 Å². The van der Waals surface area contributed by atoms with E-state index < -0.39 is 0 Å². The summed E-state index contributed by atoms with van der Waals surface area (Å²) in [5.74, 6) is 1.16. The van der Waals surface area contributed by atoms with Crippen LogP contribution in [0.5, 0.6) is 0 Å². The second-order valence-electron chi connectivity index (χ2n) is 8.44. The molecule has 1 fully saturated rings. The van der Waals surface area contributed by atoms with Gasteiger partial charge in [-0.3, -0.25) is 9.48 Å². The molecule has 0 atom stereocenters. The van der Waals surface area contributed by atoms with Gasteiger partial charge in [-0.25, -0.2) is 9.97 Å². The van der Waals surface area contributed by atoms with Crippen LogP contribution in [0, 0.1) is 0 Å². The van der Waals surface area contributed by atoms with Gasteiger partial charge < -0.3 is 15.5 Å². The summed E-state index contributed by atoms with van der Waals surface area (Å²) in [4.78, 5) is 24.1. The average Bonchev–Trinajstić information content (AvgIpc) is 3.30. The van der Waals surface area contributed by atoms with Crippen LogP contribution >= 0.6 is 0 Å². The van der Waals surface area contributed by atoms with E-state index in [1.807, 2.05) is 44.7 Å². The van der Waals surface area contributed by atoms with Crippen molar-refractivity contribution in [2.24, 2.45) is 7.05 Å². The maximum Gasteiger partial charge on any atom is 0.257 e. The molecule has 168 valence electrons. The highest BCUT2D eigenvalue weighted by molar-refractivity contribution is 6.05. The molecular formula is C25H27N7O. The van der Waals surface area contributed by atoms with Gasteiger partial charge in [0.05, 0.1) is 6.20 Å². The summed E-state index contributed by atoms with van der Waals surface area (Å²) in [5, 5.41) is 12.5. The Kier molecular flexibility index (Phi) is 5.75. The fourth-order valence-corrected chi connectivity index (χ4v) is 4.28. The molecule has 3 aromatic heterocycles. The Morgan fingerprint density at radius 3 is 2.61 bits per heavy atom. The van der Waals surface area contributed by atoms with Crippen LogP contribution in [-0.2, 0) is 7.05 Å². The number of nitrogens with zero attached hydrogens (tertiary/aromatic N) is 5. The zero-order valence-corrected chi connectivity index (χ0v) is 18.8. The number of aromatic nitrogens is 4. The van der Waals surface area contributed by atoms with Crippen molar-refractivity contribution < 1.29 is 4.79 Å². The lowest BCUT2D eigenvalue weighted by atomic mass is 10.0. The van der Waals surface area contributed by atoms with E-state index in [1.165, 1.54) is 0 Å². The highest BCUT2D eigenvalue weighted by Gasteiger charge is 2.19. The molecule has 8 nitrogen and oxygen atoms in total. The number of hydrogen-bond donors (Lipinski definition) is 2. The number of anilines is 2. The topological polar surface area (TPSA) is 88.0 Å². The molecular weight excluding hydrogens is 414 g/mol. The van der Waals surface area contributed by atoms with Gasteiger partial charge in [-0.05, 0) is 55.1 Å². The monoisotopic (exact) mass is 441 g/mol. The van der Waals surface area contributed by atoms with E-state index >= 15 is 0 Å². The summed E-state index contributed by atoms with van der Waals surface area (Å²) in [6.45, 7) is 1.85. The average molecular weight is 442 g/mol. The van der Waals surface area contributed by atoms with Gasteiger partial charge in [-0.15, -0.1) is 0 Å². The Labute approximate surface area is 192 Å². The fourth-order valence-electron chi connectivity index (χ4n) is 4.28. The van der Waals surface area contributed by atoms with Crippen LogP contribution in [0.3, 0.4) is 0 Å². The molecule has 1 aliphatic rings. The molecule has 1 saturated heterocycles. The second-order valence-corrected chi connectivity index (χ2v) is 8.44. The zero-order valence-electron chi connectivity index (χ0n) is 18.8. The molecule has 0 saturated carbocycles. The predicted octanol–water partition coefficient (Wildman–Crippen LogP) is 3.47. The number of rotatable bonds is 5. The van der Waals surface area contributed by atoms with Crippen LogP contribution < -0.4 is 15.5 Å². The first-order chi connectivity index (χ1) is 16.1. The van der Waals surface area contributed by atoms with Crippen LogP contribution in [0.1, 0.15) is 23.2 Å². The van der Waals surface area contributed by atoms with Gasteiger partial charge in [-0.1, -0.05) is 12.1 Å². The molecule has 4 heterocycles. The van der Waals surface area contributed by atoms with Crippen molar-refractivity contribution in [2.45, 2.75) is 18.9 Å². The summed E-state index contributed by atoms with van der Waals surface area (Å²) in [6, 6.07) is 12.2. The first-order valence-electron chi connectivity index (χ1n) is 11.2. The maximum atomic E-state index is 13.0. The number of piperidine rings is 1. The molecule has 5 rings (SSSR count). The third-order valence-corrected chi connectivity index (χ3v) is 6.24. The Morgan fingerprint density at radius 2 is 1.85 bits per heavy atom. The van der Waals surface area contributed by atoms with Crippen LogP contribution in [0.4, 0.5) is 11.6 Å². The largest absolute Gasteiger partial charge is 0.356 e. The summed E-state index contributed by atoms with van der Waals surface area (Å²) in [6.07, 6.45) is 9.43. The number of amides is 1. The molecule has 1 amide bonds. The van der Waals surface area contributed by atoms with Crippen molar-refractivity contribution in [3.8, 4) is 11.1 Å². The lowest BCUT2D eigenvalue weighted by molar-refractivity contribution is 0.102. The Bertz CT molecular complexity index is 1290. The molecule has 1 aromatic carbocycles. The van der Waals surface area contributed by atoms with Crippen molar-refractivity contribution in [2.75, 3.05) is 30.4 Å². The van der Waals surface area contributed by atoms with Crippen molar-refractivity contribution in [3.05, 3.63) is 66.7 Å². The molecule has 2 N–H and O–H groups in total. The van der Waals surface area contributed by atoms with Gasteiger partial charge in [0.2, 0.25) is 0 Å². The van der Waals surface area contributed by atoms with E-state index in [4.69, 9.17) is 0 Å². The molecule has 33 heavy (non-hydrogen) atoms. The van der Waals surface area contributed by atoms with Gasteiger partial charge in [0.15, 0.2) is 0 Å².